The SMILES string of the molecule is CCCCCCCCCCCCC1N(C)CC23C4=C5C=CC6C7C5=C2C2C5=C7C7C6C=CC6C8CCC9C%10CCC%11=C(C=C4)C13C1=C%11C%10C3C(C12)C5C(C67)C8C93. The molecular formula is C55H63N. The summed E-state index contributed by atoms with van der Waals surface area (Å²) in [4.78, 5) is 3.05. The van der Waals surface area contributed by atoms with Crippen molar-refractivity contribution in [1.82, 2.24) is 4.90 Å². The first kappa shape index (κ1) is 30.9. The van der Waals surface area contributed by atoms with Gasteiger partial charge >= 0.3 is 0 Å². The number of unbranched alkanes of at least 4 members (excludes halogenated alkanes) is 9. The Balaban J connectivity index is 0.898. The molecule has 1 heterocycles. The normalized spacial score (nSPS) is 57.2. The van der Waals surface area contributed by atoms with Crippen LogP contribution >= 0.6 is 0 Å². The van der Waals surface area contributed by atoms with Crippen molar-refractivity contribution in [1.29, 1.82) is 0 Å². The van der Waals surface area contributed by atoms with Crippen LogP contribution in [-0.2, 0) is 0 Å². The molecule has 9 fully saturated rings. The van der Waals surface area contributed by atoms with E-state index in [9.17, 15) is 0 Å². The van der Waals surface area contributed by atoms with Crippen molar-refractivity contribution in [3.8, 4) is 0 Å². The number of fused-ring (bicyclic) bond motifs is 3. The molecule has 1 nitrogen and oxygen atoms in total. The van der Waals surface area contributed by atoms with Gasteiger partial charge < -0.3 is 4.90 Å². The highest BCUT2D eigenvalue weighted by atomic mass is 15.2. The van der Waals surface area contributed by atoms with Gasteiger partial charge in [-0.25, -0.2) is 0 Å². The Morgan fingerprint density at radius 3 is 2.21 bits per heavy atom. The molecule has 1 saturated heterocycles. The van der Waals surface area contributed by atoms with E-state index in [0.29, 0.717) is 12.0 Å². The van der Waals surface area contributed by atoms with E-state index in [1.807, 2.05) is 22.3 Å². The minimum Gasteiger partial charge on any atom is -0.301 e. The summed E-state index contributed by atoms with van der Waals surface area (Å²) in [6.07, 6.45) is 39.2. The average Bonchev–Trinajstić information content (AvgIpc) is 4.05. The van der Waals surface area contributed by atoms with Crippen molar-refractivity contribution in [3.05, 3.63) is 92.2 Å². The second-order valence-electron chi connectivity index (χ2n) is 23.8. The highest BCUT2D eigenvalue weighted by Gasteiger charge is 2.87. The van der Waals surface area contributed by atoms with Crippen LogP contribution in [0.3, 0.4) is 0 Å². The quantitative estimate of drug-likeness (QED) is 0.151. The fourth-order valence-electron chi connectivity index (χ4n) is 23.4. The Morgan fingerprint density at radius 1 is 0.589 bits per heavy atom. The van der Waals surface area contributed by atoms with Crippen molar-refractivity contribution in [2.24, 2.45) is 117 Å². The molecule has 21 atom stereocenters. The molecule has 0 amide bonds. The number of allylic oxidation sites excluding steroid dienone is 12. The number of nitrogens with zero attached hydrogens (tertiary/aromatic N) is 1. The zero-order valence-electron chi connectivity index (χ0n) is 34.2. The van der Waals surface area contributed by atoms with E-state index in [1.54, 1.807) is 18.4 Å². The van der Waals surface area contributed by atoms with Crippen LogP contribution in [0.1, 0.15) is 103 Å². The standard InChI is InChI=1S/C55H63N/c1-3-4-5-6-7-8-9-10-11-12-13-35-55-34-23-22-33-31-20-18-29-27-16-14-25-26-15-17-28-30-19-21-32(34)43-41(30)46-39(28)37(26)44-36(25)38(27)45-40(29)42(31)52(54(33,55)24-56(35)2)50-48(45)47(44)49(46)51(50)53(43)55/h14,16,18,20,22-23,25-30,35-41,44,46-47,49-51H,3-13,15,17,19,21,24H2,1-2H3. The molecule has 0 radical (unpaired) electrons. The maximum Gasteiger partial charge on any atom is 0.0476 e. The molecule has 1 heteroatoms. The molecule has 0 aromatic heterocycles. The Morgan fingerprint density at radius 2 is 1.34 bits per heavy atom. The zero-order chi connectivity index (χ0) is 35.9. The van der Waals surface area contributed by atoms with Gasteiger partial charge in [-0.05, 0) is 178 Å². The fraction of sp³-hybridized carbons (Fsp3) is 0.709. The summed E-state index contributed by atoms with van der Waals surface area (Å²) in [6, 6.07) is 0.675. The van der Waals surface area contributed by atoms with E-state index in [-0.39, 0.29) is 10.8 Å². The van der Waals surface area contributed by atoms with E-state index in [1.165, 1.54) is 90.0 Å². The summed E-state index contributed by atoms with van der Waals surface area (Å²) in [5.74, 6) is 16.6. The molecular weight excluding hydrogens is 675 g/mol. The second-order valence-corrected chi connectivity index (χ2v) is 23.8. The summed E-state index contributed by atoms with van der Waals surface area (Å²) in [5.41, 5.74) is 20.7. The monoisotopic (exact) mass is 737 g/mol. The van der Waals surface area contributed by atoms with Crippen LogP contribution in [0.25, 0.3) is 0 Å². The molecule has 8 saturated carbocycles. The van der Waals surface area contributed by atoms with Gasteiger partial charge in [-0.1, -0.05) is 119 Å². The van der Waals surface area contributed by atoms with Gasteiger partial charge in [-0.3, -0.25) is 0 Å². The van der Waals surface area contributed by atoms with E-state index in [2.05, 4.69) is 83.2 Å². The highest BCUT2D eigenvalue weighted by molar-refractivity contribution is 5.83. The van der Waals surface area contributed by atoms with Gasteiger partial charge in [0.1, 0.15) is 0 Å². The summed E-state index contributed by atoms with van der Waals surface area (Å²) in [5, 5.41) is 0. The third kappa shape index (κ3) is 2.70. The third-order valence-corrected chi connectivity index (χ3v) is 23.5. The Bertz CT molecular complexity index is 2260. The second kappa shape index (κ2) is 9.58. The molecule has 1 aliphatic heterocycles. The van der Waals surface area contributed by atoms with Crippen molar-refractivity contribution >= 4 is 0 Å². The smallest absolute Gasteiger partial charge is 0.0476 e. The first-order chi connectivity index (χ1) is 27.7. The topological polar surface area (TPSA) is 3.24 Å². The van der Waals surface area contributed by atoms with Crippen LogP contribution in [0.2, 0.25) is 0 Å². The maximum atomic E-state index is 3.05. The largest absolute Gasteiger partial charge is 0.301 e. The molecule has 17 aliphatic rings. The van der Waals surface area contributed by atoms with Gasteiger partial charge in [0.25, 0.3) is 0 Å². The molecule has 0 N–H and O–H groups in total. The van der Waals surface area contributed by atoms with Crippen LogP contribution < -0.4 is 0 Å². The van der Waals surface area contributed by atoms with Crippen LogP contribution in [0.15, 0.2) is 92.2 Å². The molecule has 17 rings (SSSR count). The minimum absolute atomic E-state index is 0.191. The zero-order valence-corrected chi connectivity index (χ0v) is 34.2. The lowest BCUT2D eigenvalue weighted by molar-refractivity contribution is -0.0629. The minimum atomic E-state index is 0.191. The first-order valence-electron chi connectivity index (χ1n) is 25.2. The van der Waals surface area contributed by atoms with Crippen molar-refractivity contribution in [2.45, 2.75) is 109 Å². The third-order valence-electron chi connectivity index (χ3n) is 23.5. The predicted octanol–water partition coefficient (Wildman–Crippen LogP) is 11.6. The molecule has 0 aromatic carbocycles. The van der Waals surface area contributed by atoms with E-state index < -0.39 is 0 Å². The van der Waals surface area contributed by atoms with Crippen LogP contribution in [0.5, 0.6) is 0 Å². The van der Waals surface area contributed by atoms with Gasteiger partial charge in [0.05, 0.1) is 0 Å². The Labute approximate surface area is 336 Å². The maximum absolute atomic E-state index is 3.05. The lowest BCUT2D eigenvalue weighted by Crippen LogP contribution is -2.59. The fourth-order valence-corrected chi connectivity index (χ4v) is 23.4. The number of hydrogen-bond acceptors (Lipinski definition) is 1. The van der Waals surface area contributed by atoms with Gasteiger partial charge in [-0.2, -0.15) is 0 Å². The van der Waals surface area contributed by atoms with Gasteiger partial charge in [0, 0.05) is 35.3 Å². The van der Waals surface area contributed by atoms with Crippen molar-refractivity contribution in [3.63, 3.8) is 0 Å². The lowest BCUT2D eigenvalue weighted by atomic mass is 9.40. The van der Waals surface area contributed by atoms with Crippen LogP contribution in [-0.4, -0.2) is 24.5 Å². The van der Waals surface area contributed by atoms with Gasteiger partial charge in [-0.15, -0.1) is 0 Å². The van der Waals surface area contributed by atoms with Crippen molar-refractivity contribution < 1.29 is 0 Å². The molecule has 56 heavy (non-hydrogen) atoms. The molecule has 288 valence electrons. The number of hydrogen-bond donors (Lipinski definition) is 0. The lowest BCUT2D eigenvalue weighted by Gasteiger charge is -2.62. The van der Waals surface area contributed by atoms with E-state index in [0.717, 1.165) is 101 Å². The van der Waals surface area contributed by atoms with E-state index >= 15 is 0 Å². The van der Waals surface area contributed by atoms with Crippen LogP contribution in [0, 0.1) is 117 Å². The Kier molecular flexibility index (Phi) is 5.28. The van der Waals surface area contributed by atoms with Gasteiger partial charge in [0.2, 0.25) is 0 Å². The number of likely N-dealkylation sites (tertiary alicyclic amines) is 1. The van der Waals surface area contributed by atoms with Crippen molar-refractivity contribution in [2.75, 3.05) is 13.6 Å². The first-order valence-corrected chi connectivity index (χ1v) is 25.2. The molecule has 0 aromatic rings. The number of rotatable bonds is 11. The molecule has 16 aliphatic carbocycles. The van der Waals surface area contributed by atoms with Crippen LogP contribution in [0.4, 0.5) is 0 Å². The van der Waals surface area contributed by atoms with E-state index in [4.69, 9.17) is 0 Å². The highest BCUT2D eigenvalue weighted by Crippen LogP contribution is 2.92. The summed E-state index contributed by atoms with van der Waals surface area (Å²) < 4.78 is 0. The predicted molar refractivity (Wildman–Crippen MR) is 222 cm³/mol. The summed E-state index contributed by atoms with van der Waals surface area (Å²) in [7, 11) is 2.65. The summed E-state index contributed by atoms with van der Waals surface area (Å²) in [6.45, 7) is 3.65. The average molecular weight is 738 g/mol. The molecule has 21 unspecified atom stereocenters. The van der Waals surface area contributed by atoms with Gasteiger partial charge in [0.15, 0.2) is 0 Å². The molecule has 0 bridgehead atoms. The Hall–Kier alpha value is -2.12. The molecule has 2 spiro atoms. The summed E-state index contributed by atoms with van der Waals surface area (Å²) >= 11 is 0.